The van der Waals surface area contributed by atoms with Gasteiger partial charge in [0.05, 0.1) is 6.04 Å². The van der Waals surface area contributed by atoms with Gasteiger partial charge in [-0.3, -0.25) is 4.79 Å². The van der Waals surface area contributed by atoms with Gasteiger partial charge in [0.2, 0.25) is 5.91 Å². The first-order chi connectivity index (χ1) is 9.18. The number of hydrogen-bond donors (Lipinski definition) is 0. The summed E-state index contributed by atoms with van der Waals surface area (Å²) in [5.41, 5.74) is 2.31. The molecule has 2 rings (SSSR count). The Morgan fingerprint density at radius 2 is 1.53 bits per heavy atom. The van der Waals surface area contributed by atoms with E-state index in [-0.39, 0.29) is 11.9 Å². The van der Waals surface area contributed by atoms with Crippen molar-refractivity contribution >= 4 is 5.91 Å². The summed E-state index contributed by atoms with van der Waals surface area (Å²) in [7, 11) is 0. The molecule has 0 N–H and O–H groups in total. The van der Waals surface area contributed by atoms with Crippen molar-refractivity contribution in [2.45, 2.75) is 26.4 Å². The van der Waals surface area contributed by atoms with E-state index >= 15 is 0 Å². The number of benzene rings is 2. The maximum atomic E-state index is 11.9. The number of hydrogen-bond acceptors (Lipinski definition) is 1. The quantitative estimate of drug-likeness (QED) is 0.811. The fourth-order valence-corrected chi connectivity index (χ4v) is 2.21. The van der Waals surface area contributed by atoms with Gasteiger partial charge in [-0.15, -0.1) is 0 Å². The van der Waals surface area contributed by atoms with E-state index in [2.05, 4.69) is 19.1 Å². The minimum absolute atomic E-state index is 0.0823. The van der Waals surface area contributed by atoms with Crippen LogP contribution in [-0.2, 0) is 11.3 Å². The lowest BCUT2D eigenvalue weighted by Gasteiger charge is -2.28. The van der Waals surface area contributed by atoms with Gasteiger partial charge < -0.3 is 4.90 Å². The maximum Gasteiger partial charge on any atom is 0.220 e. The molecule has 0 unspecified atom stereocenters. The monoisotopic (exact) mass is 253 g/mol. The van der Waals surface area contributed by atoms with Crippen molar-refractivity contribution in [1.82, 2.24) is 4.90 Å². The normalized spacial score (nSPS) is 11.9. The van der Waals surface area contributed by atoms with Crippen LogP contribution in [0.5, 0.6) is 0 Å². The summed E-state index contributed by atoms with van der Waals surface area (Å²) < 4.78 is 0. The van der Waals surface area contributed by atoms with E-state index in [0.29, 0.717) is 6.54 Å². The first-order valence-corrected chi connectivity index (χ1v) is 6.54. The summed E-state index contributed by atoms with van der Waals surface area (Å²) in [4.78, 5) is 13.8. The topological polar surface area (TPSA) is 20.3 Å². The third kappa shape index (κ3) is 3.44. The van der Waals surface area contributed by atoms with E-state index in [1.54, 1.807) is 6.92 Å². The Kier molecular flexibility index (Phi) is 4.35. The zero-order chi connectivity index (χ0) is 13.7. The van der Waals surface area contributed by atoms with Gasteiger partial charge in [-0.1, -0.05) is 60.7 Å². The maximum absolute atomic E-state index is 11.9. The zero-order valence-electron chi connectivity index (χ0n) is 11.4. The first-order valence-electron chi connectivity index (χ1n) is 6.54. The molecule has 0 aliphatic rings. The van der Waals surface area contributed by atoms with Crippen LogP contribution in [0.4, 0.5) is 0 Å². The molecular formula is C17H19NO. The Bertz CT molecular complexity index is 521. The molecule has 2 aromatic rings. The Balaban J connectivity index is 2.19. The fraction of sp³-hybridized carbons (Fsp3) is 0.235. The van der Waals surface area contributed by atoms with E-state index in [1.165, 1.54) is 0 Å². The molecule has 0 heterocycles. The molecule has 0 aliphatic carbocycles. The molecule has 0 bridgehead atoms. The molecule has 98 valence electrons. The molecule has 1 atom stereocenters. The highest BCUT2D eigenvalue weighted by Crippen LogP contribution is 2.22. The molecule has 0 saturated heterocycles. The molecule has 2 heteroatoms. The van der Waals surface area contributed by atoms with Crippen molar-refractivity contribution in [3.05, 3.63) is 71.8 Å². The number of amides is 1. The third-order valence-corrected chi connectivity index (χ3v) is 3.35. The van der Waals surface area contributed by atoms with Crippen LogP contribution in [0.25, 0.3) is 0 Å². The smallest absolute Gasteiger partial charge is 0.220 e. The SMILES string of the molecule is CC(=O)N(Cc1ccccc1)[C@@H](C)c1ccccc1. The van der Waals surface area contributed by atoms with Crippen molar-refractivity contribution in [3.8, 4) is 0 Å². The molecular weight excluding hydrogens is 234 g/mol. The fourth-order valence-electron chi connectivity index (χ4n) is 2.21. The summed E-state index contributed by atoms with van der Waals surface area (Å²) in [6.45, 7) is 4.34. The summed E-state index contributed by atoms with van der Waals surface area (Å²) in [6, 6.07) is 20.3. The average Bonchev–Trinajstić information content (AvgIpc) is 2.46. The molecule has 1 amide bonds. The summed E-state index contributed by atoms with van der Waals surface area (Å²) >= 11 is 0. The third-order valence-electron chi connectivity index (χ3n) is 3.35. The van der Waals surface area contributed by atoms with Crippen molar-refractivity contribution in [2.24, 2.45) is 0 Å². The molecule has 2 aromatic carbocycles. The number of rotatable bonds is 4. The van der Waals surface area contributed by atoms with E-state index in [4.69, 9.17) is 0 Å². The molecule has 0 spiro atoms. The predicted molar refractivity (Wildman–Crippen MR) is 77.5 cm³/mol. The van der Waals surface area contributed by atoms with Gasteiger partial charge in [0.25, 0.3) is 0 Å². The van der Waals surface area contributed by atoms with Gasteiger partial charge in [-0.2, -0.15) is 0 Å². The number of carbonyl (C=O) groups is 1. The van der Waals surface area contributed by atoms with Crippen molar-refractivity contribution in [3.63, 3.8) is 0 Å². The largest absolute Gasteiger partial charge is 0.332 e. The lowest BCUT2D eigenvalue weighted by Crippen LogP contribution is -2.31. The van der Waals surface area contributed by atoms with E-state index in [1.807, 2.05) is 53.4 Å². The van der Waals surface area contributed by atoms with Gasteiger partial charge in [-0.05, 0) is 18.1 Å². The van der Waals surface area contributed by atoms with Crippen molar-refractivity contribution < 1.29 is 4.79 Å². The minimum Gasteiger partial charge on any atom is -0.332 e. The Hall–Kier alpha value is -2.09. The van der Waals surface area contributed by atoms with E-state index in [9.17, 15) is 4.79 Å². The van der Waals surface area contributed by atoms with Gasteiger partial charge in [0, 0.05) is 13.5 Å². The zero-order valence-corrected chi connectivity index (χ0v) is 11.4. The molecule has 0 fully saturated rings. The van der Waals surface area contributed by atoms with Crippen LogP contribution < -0.4 is 0 Å². The first kappa shape index (κ1) is 13.3. The number of carbonyl (C=O) groups excluding carboxylic acids is 1. The van der Waals surface area contributed by atoms with Gasteiger partial charge >= 0.3 is 0 Å². The second kappa shape index (κ2) is 6.19. The van der Waals surface area contributed by atoms with Crippen LogP contribution >= 0.6 is 0 Å². The Labute approximate surface area is 114 Å². The van der Waals surface area contributed by atoms with Crippen LogP contribution in [0.1, 0.15) is 31.0 Å². The van der Waals surface area contributed by atoms with Crippen molar-refractivity contribution in [1.29, 1.82) is 0 Å². The highest BCUT2D eigenvalue weighted by atomic mass is 16.2. The van der Waals surface area contributed by atoms with Crippen LogP contribution in [0.3, 0.4) is 0 Å². The lowest BCUT2D eigenvalue weighted by molar-refractivity contribution is -0.131. The Morgan fingerprint density at radius 3 is 2.05 bits per heavy atom. The summed E-state index contributed by atoms with van der Waals surface area (Å²) in [6.07, 6.45) is 0. The highest BCUT2D eigenvalue weighted by molar-refractivity contribution is 5.73. The van der Waals surface area contributed by atoms with E-state index in [0.717, 1.165) is 11.1 Å². The molecule has 0 radical (unpaired) electrons. The molecule has 0 aromatic heterocycles. The molecule has 19 heavy (non-hydrogen) atoms. The second-order valence-electron chi connectivity index (χ2n) is 4.72. The van der Waals surface area contributed by atoms with Gasteiger partial charge in [-0.25, -0.2) is 0 Å². The van der Waals surface area contributed by atoms with Gasteiger partial charge in [0.1, 0.15) is 0 Å². The molecule has 0 saturated carbocycles. The average molecular weight is 253 g/mol. The lowest BCUT2D eigenvalue weighted by atomic mass is 10.1. The van der Waals surface area contributed by atoms with Crippen LogP contribution in [0, 0.1) is 0 Å². The van der Waals surface area contributed by atoms with Crippen molar-refractivity contribution in [2.75, 3.05) is 0 Å². The standard InChI is InChI=1S/C17H19NO/c1-14(17-11-7-4-8-12-17)18(15(2)19)13-16-9-5-3-6-10-16/h3-12,14H,13H2,1-2H3/t14-/m0/s1. The highest BCUT2D eigenvalue weighted by Gasteiger charge is 2.18. The Morgan fingerprint density at radius 1 is 1.00 bits per heavy atom. The van der Waals surface area contributed by atoms with Crippen LogP contribution in [0.2, 0.25) is 0 Å². The van der Waals surface area contributed by atoms with Crippen LogP contribution in [-0.4, -0.2) is 10.8 Å². The second-order valence-corrected chi connectivity index (χ2v) is 4.72. The predicted octanol–water partition coefficient (Wildman–Crippen LogP) is 3.80. The van der Waals surface area contributed by atoms with Gasteiger partial charge in [0.15, 0.2) is 0 Å². The van der Waals surface area contributed by atoms with E-state index < -0.39 is 0 Å². The minimum atomic E-state index is 0.0823. The molecule has 0 aliphatic heterocycles. The summed E-state index contributed by atoms with van der Waals surface area (Å²) in [5.74, 6) is 0.0974. The van der Waals surface area contributed by atoms with Crippen LogP contribution in [0.15, 0.2) is 60.7 Å². The molecule has 2 nitrogen and oxygen atoms in total. The number of nitrogens with zero attached hydrogens (tertiary/aromatic N) is 1. The summed E-state index contributed by atoms with van der Waals surface area (Å²) in [5, 5.41) is 0.